The van der Waals surface area contributed by atoms with Crippen molar-refractivity contribution in [1.29, 1.82) is 0 Å². The molecule has 0 aliphatic carbocycles. The monoisotopic (exact) mass is 283 g/mol. The highest BCUT2D eigenvalue weighted by Gasteiger charge is 2.02. The Morgan fingerprint density at radius 1 is 0.952 bits per heavy atom. The van der Waals surface area contributed by atoms with E-state index >= 15 is 0 Å². The van der Waals surface area contributed by atoms with Crippen LogP contribution < -0.4 is 10.1 Å². The van der Waals surface area contributed by atoms with Crippen LogP contribution >= 0.6 is 0 Å². The van der Waals surface area contributed by atoms with Crippen LogP contribution in [0.2, 0.25) is 0 Å². The zero-order valence-corrected chi connectivity index (χ0v) is 13.4. The number of hydrogen-bond donors (Lipinski definition) is 1. The molecule has 21 heavy (non-hydrogen) atoms. The van der Waals surface area contributed by atoms with Crippen molar-refractivity contribution >= 4 is 0 Å². The normalized spacial score (nSPS) is 10.9. The van der Waals surface area contributed by atoms with Gasteiger partial charge in [0, 0.05) is 12.6 Å². The predicted molar refractivity (Wildman–Crippen MR) is 88.7 cm³/mol. The maximum Gasteiger partial charge on any atom is 0.122 e. The summed E-state index contributed by atoms with van der Waals surface area (Å²) >= 11 is 0. The molecule has 112 valence electrons. The van der Waals surface area contributed by atoms with E-state index in [0.29, 0.717) is 12.6 Å². The first-order chi connectivity index (χ1) is 10.1. The average molecular weight is 283 g/mol. The van der Waals surface area contributed by atoms with Crippen molar-refractivity contribution < 1.29 is 4.74 Å². The lowest BCUT2D eigenvalue weighted by Gasteiger charge is -2.12. The molecule has 0 radical (unpaired) electrons. The number of rotatable bonds is 6. The van der Waals surface area contributed by atoms with E-state index in [0.717, 1.165) is 12.3 Å². The Balaban J connectivity index is 1.93. The zero-order chi connectivity index (χ0) is 15.2. The fourth-order valence-electron chi connectivity index (χ4n) is 2.12. The molecule has 0 unspecified atom stereocenters. The first-order valence-electron chi connectivity index (χ1n) is 7.56. The zero-order valence-electron chi connectivity index (χ0n) is 13.4. The number of benzene rings is 2. The Hall–Kier alpha value is -1.80. The van der Waals surface area contributed by atoms with Crippen LogP contribution in [0.15, 0.2) is 42.5 Å². The van der Waals surface area contributed by atoms with Crippen molar-refractivity contribution in [3.63, 3.8) is 0 Å². The Morgan fingerprint density at radius 3 is 2.29 bits per heavy atom. The number of aryl methyl sites for hydroxylation is 1. The quantitative estimate of drug-likeness (QED) is 0.849. The van der Waals surface area contributed by atoms with Crippen LogP contribution in [0.1, 0.15) is 36.1 Å². The summed E-state index contributed by atoms with van der Waals surface area (Å²) in [5, 5.41) is 3.42. The van der Waals surface area contributed by atoms with Gasteiger partial charge < -0.3 is 10.1 Å². The van der Waals surface area contributed by atoms with E-state index in [1.807, 2.05) is 12.1 Å². The molecule has 2 aromatic rings. The largest absolute Gasteiger partial charge is 0.489 e. The Kier molecular flexibility index (Phi) is 5.40. The smallest absolute Gasteiger partial charge is 0.122 e. The molecule has 2 nitrogen and oxygen atoms in total. The number of nitrogens with one attached hydrogen (secondary N) is 1. The minimum absolute atomic E-state index is 0.511. The second-order valence-electron chi connectivity index (χ2n) is 5.84. The van der Waals surface area contributed by atoms with Crippen molar-refractivity contribution in [3.8, 4) is 5.75 Å². The first kappa shape index (κ1) is 15.6. The topological polar surface area (TPSA) is 21.3 Å². The standard InChI is InChI=1S/C19H25NO/c1-14(2)20-12-17-8-10-18(11-9-17)13-21-19-7-5-6-15(3)16(19)4/h5-11,14,20H,12-13H2,1-4H3. The van der Waals surface area contributed by atoms with Gasteiger partial charge in [0.25, 0.3) is 0 Å². The van der Waals surface area contributed by atoms with Crippen LogP contribution in [0.5, 0.6) is 5.75 Å². The minimum atomic E-state index is 0.511. The highest BCUT2D eigenvalue weighted by Crippen LogP contribution is 2.21. The molecule has 1 N–H and O–H groups in total. The molecule has 0 spiro atoms. The fourth-order valence-corrected chi connectivity index (χ4v) is 2.12. The highest BCUT2D eigenvalue weighted by atomic mass is 16.5. The van der Waals surface area contributed by atoms with Gasteiger partial charge in [0.15, 0.2) is 0 Å². The van der Waals surface area contributed by atoms with E-state index < -0.39 is 0 Å². The van der Waals surface area contributed by atoms with Gasteiger partial charge in [0.2, 0.25) is 0 Å². The van der Waals surface area contributed by atoms with Gasteiger partial charge in [0.1, 0.15) is 12.4 Å². The van der Waals surface area contributed by atoms with E-state index in [4.69, 9.17) is 4.74 Å². The summed E-state index contributed by atoms with van der Waals surface area (Å²) in [5.74, 6) is 0.973. The lowest BCUT2D eigenvalue weighted by atomic mass is 10.1. The minimum Gasteiger partial charge on any atom is -0.489 e. The molecule has 0 aliphatic rings. The maximum atomic E-state index is 5.93. The van der Waals surface area contributed by atoms with E-state index in [2.05, 4.69) is 63.3 Å². The summed E-state index contributed by atoms with van der Waals surface area (Å²) in [6.45, 7) is 10.1. The van der Waals surface area contributed by atoms with Gasteiger partial charge in [-0.15, -0.1) is 0 Å². The third-order valence-corrected chi connectivity index (χ3v) is 3.69. The molecule has 0 saturated carbocycles. The molecule has 0 atom stereocenters. The first-order valence-corrected chi connectivity index (χ1v) is 7.56. The van der Waals surface area contributed by atoms with Crippen molar-refractivity contribution in [2.24, 2.45) is 0 Å². The van der Waals surface area contributed by atoms with E-state index in [1.165, 1.54) is 22.3 Å². The molecule has 2 heteroatoms. The molecule has 0 aromatic heterocycles. The number of hydrogen-bond acceptors (Lipinski definition) is 2. The van der Waals surface area contributed by atoms with Crippen LogP contribution in [-0.2, 0) is 13.2 Å². The summed E-state index contributed by atoms with van der Waals surface area (Å²) in [7, 11) is 0. The molecule has 0 fully saturated rings. The van der Waals surface area contributed by atoms with Gasteiger partial charge in [-0.3, -0.25) is 0 Å². The lowest BCUT2D eigenvalue weighted by molar-refractivity contribution is 0.304. The predicted octanol–water partition coefficient (Wildman–Crippen LogP) is 4.38. The second kappa shape index (κ2) is 7.28. The molecule has 0 aliphatic heterocycles. The van der Waals surface area contributed by atoms with E-state index in [9.17, 15) is 0 Å². The Bertz CT molecular complexity index is 573. The Morgan fingerprint density at radius 2 is 1.62 bits per heavy atom. The molecule has 2 aromatic carbocycles. The summed E-state index contributed by atoms with van der Waals surface area (Å²) in [4.78, 5) is 0. The molecule has 0 heterocycles. The fraction of sp³-hybridized carbons (Fsp3) is 0.368. The van der Waals surface area contributed by atoms with E-state index in [1.54, 1.807) is 0 Å². The van der Waals surface area contributed by atoms with Crippen molar-refractivity contribution in [2.45, 2.75) is 46.9 Å². The molecule has 0 bridgehead atoms. The second-order valence-corrected chi connectivity index (χ2v) is 5.84. The molecule has 0 saturated heterocycles. The SMILES string of the molecule is Cc1cccc(OCc2ccc(CNC(C)C)cc2)c1C. The van der Waals surface area contributed by atoms with Crippen LogP contribution in [0, 0.1) is 13.8 Å². The van der Waals surface area contributed by atoms with Gasteiger partial charge in [-0.05, 0) is 42.2 Å². The van der Waals surface area contributed by atoms with E-state index in [-0.39, 0.29) is 0 Å². The summed E-state index contributed by atoms with van der Waals surface area (Å²) in [5.41, 5.74) is 4.99. The van der Waals surface area contributed by atoms with Gasteiger partial charge >= 0.3 is 0 Å². The molecule has 0 amide bonds. The van der Waals surface area contributed by atoms with Crippen molar-refractivity contribution in [2.75, 3.05) is 0 Å². The van der Waals surface area contributed by atoms with Crippen LogP contribution in [0.3, 0.4) is 0 Å². The van der Waals surface area contributed by atoms with Crippen molar-refractivity contribution in [3.05, 3.63) is 64.7 Å². The third kappa shape index (κ3) is 4.61. The summed E-state index contributed by atoms with van der Waals surface area (Å²) in [6, 6.07) is 15.3. The Labute approximate surface area is 128 Å². The average Bonchev–Trinajstić information content (AvgIpc) is 2.48. The van der Waals surface area contributed by atoms with Crippen LogP contribution in [-0.4, -0.2) is 6.04 Å². The summed E-state index contributed by atoms with van der Waals surface area (Å²) < 4.78 is 5.93. The van der Waals surface area contributed by atoms with Crippen LogP contribution in [0.25, 0.3) is 0 Å². The third-order valence-electron chi connectivity index (χ3n) is 3.69. The van der Waals surface area contributed by atoms with Gasteiger partial charge in [-0.1, -0.05) is 50.2 Å². The van der Waals surface area contributed by atoms with Crippen LogP contribution in [0.4, 0.5) is 0 Å². The summed E-state index contributed by atoms with van der Waals surface area (Å²) in [6.07, 6.45) is 0. The van der Waals surface area contributed by atoms with Gasteiger partial charge in [0.05, 0.1) is 0 Å². The van der Waals surface area contributed by atoms with Gasteiger partial charge in [-0.2, -0.15) is 0 Å². The maximum absolute atomic E-state index is 5.93. The lowest BCUT2D eigenvalue weighted by Crippen LogP contribution is -2.21. The molecular formula is C19H25NO. The molecular weight excluding hydrogens is 258 g/mol. The molecule has 2 rings (SSSR count). The number of ether oxygens (including phenoxy) is 1. The van der Waals surface area contributed by atoms with Crippen molar-refractivity contribution in [1.82, 2.24) is 5.32 Å². The highest BCUT2D eigenvalue weighted by molar-refractivity contribution is 5.38. The van der Waals surface area contributed by atoms with Gasteiger partial charge in [-0.25, -0.2) is 0 Å².